The minimum Gasteiger partial charge on any atom is -0.395 e. The van der Waals surface area contributed by atoms with Crippen LogP contribution in [0.4, 0.5) is 10.5 Å². The van der Waals surface area contributed by atoms with Gasteiger partial charge < -0.3 is 21.1 Å². The van der Waals surface area contributed by atoms with Crippen molar-refractivity contribution in [2.45, 2.75) is 31.7 Å². The molecule has 0 bridgehead atoms. The van der Waals surface area contributed by atoms with Crippen molar-refractivity contribution in [2.24, 2.45) is 5.73 Å². The van der Waals surface area contributed by atoms with Crippen LogP contribution in [0.5, 0.6) is 0 Å². The summed E-state index contributed by atoms with van der Waals surface area (Å²) in [6, 6.07) is 6.18. The summed E-state index contributed by atoms with van der Waals surface area (Å²) in [4.78, 5) is 25.1. The predicted octanol–water partition coefficient (Wildman–Crippen LogP) is 1.55. The van der Waals surface area contributed by atoms with Gasteiger partial charge in [0.15, 0.2) is 0 Å². The number of anilines is 1. The van der Waals surface area contributed by atoms with Gasteiger partial charge in [0.25, 0.3) is 5.91 Å². The van der Waals surface area contributed by atoms with E-state index in [1.807, 2.05) is 0 Å². The molecule has 0 atom stereocenters. The molecular formula is C15H21N3O3. The highest BCUT2D eigenvalue weighted by Gasteiger charge is 2.26. The molecule has 1 aromatic carbocycles. The maximum absolute atomic E-state index is 12.6. The predicted molar refractivity (Wildman–Crippen MR) is 80.0 cm³/mol. The summed E-state index contributed by atoms with van der Waals surface area (Å²) >= 11 is 0. The third kappa shape index (κ3) is 3.95. The van der Waals surface area contributed by atoms with Gasteiger partial charge in [-0.1, -0.05) is 12.8 Å². The number of amides is 3. The Bertz CT molecular complexity index is 495. The van der Waals surface area contributed by atoms with E-state index in [1.165, 1.54) is 0 Å². The maximum Gasteiger partial charge on any atom is 0.316 e. The van der Waals surface area contributed by atoms with E-state index in [0.717, 1.165) is 25.7 Å². The fourth-order valence-electron chi connectivity index (χ4n) is 2.78. The van der Waals surface area contributed by atoms with Gasteiger partial charge >= 0.3 is 6.03 Å². The molecule has 1 fully saturated rings. The van der Waals surface area contributed by atoms with Crippen LogP contribution in [0.2, 0.25) is 0 Å². The first-order valence-corrected chi connectivity index (χ1v) is 7.20. The van der Waals surface area contributed by atoms with Crippen LogP contribution in [0.3, 0.4) is 0 Å². The van der Waals surface area contributed by atoms with Crippen LogP contribution >= 0.6 is 0 Å². The van der Waals surface area contributed by atoms with Crippen molar-refractivity contribution in [1.29, 1.82) is 0 Å². The summed E-state index contributed by atoms with van der Waals surface area (Å²) in [7, 11) is 0. The average Bonchev–Trinajstić information content (AvgIpc) is 2.98. The highest BCUT2D eigenvalue weighted by molar-refractivity contribution is 5.95. The first-order valence-electron chi connectivity index (χ1n) is 7.20. The molecule has 0 heterocycles. The van der Waals surface area contributed by atoms with Gasteiger partial charge in [-0.05, 0) is 37.1 Å². The molecule has 6 nitrogen and oxygen atoms in total. The molecule has 0 aliphatic heterocycles. The van der Waals surface area contributed by atoms with Crippen LogP contribution in [0.1, 0.15) is 36.0 Å². The summed E-state index contributed by atoms with van der Waals surface area (Å²) in [5.41, 5.74) is 6.14. The molecule has 0 saturated heterocycles. The SMILES string of the molecule is NC(=O)Nc1ccc(C(=O)N(CCO)C2CCCC2)cc1. The van der Waals surface area contributed by atoms with E-state index in [1.54, 1.807) is 29.2 Å². The van der Waals surface area contributed by atoms with Crippen LogP contribution in [-0.2, 0) is 0 Å². The second kappa shape index (κ2) is 7.08. The summed E-state index contributed by atoms with van der Waals surface area (Å²) in [6.07, 6.45) is 4.24. The second-order valence-electron chi connectivity index (χ2n) is 5.23. The average molecular weight is 291 g/mol. The van der Waals surface area contributed by atoms with Crippen molar-refractivity contribution < 1.29 is 14.7 Å². The van der Waals surface area contributed by atoms with Crippen molar-refractivity contribution in [3.63, 3.8) is 0 Å². The molecule has 1 saturated carbocycles. The molecule has 0 spiro atoms. The van der Waals surface area contributed by atoms with Crippen LogP contribution in [0.15, 0.2) is 24.3 Å². The number of nitrogens with one attached hydrogen (secondary N) is 1. The lowest BCUT2D eigenvalue weighted by atomic mass is 10.1. The molecule has 1 aliphatic carbocycles. The molecule has 114 valence electrons. The van der Waals surface area contributed by atoms with Crippen molar-refractivity contribution in [2.75, 3.05) is 18.5 Å². The minimum atomic E-state index is -0.637. The summed E-state index contributed by atoms with van der Waals surface area (Å²) in [5, 5.41) is 11.6. The fraction of sp³-hybridized carbons (Fsp3) is 0.467. The number of urea groups is 1. The van der Waals surface area contributed by atoms with Gasteiger partial charge in [-0.15, -0.1) is 0 Å². The van der Waals surface area contributed by atoms with Gasteiger partial charge in [-0.3, -0.25) is 4.79 Å². The first kappa shape index (κ1) is 15.3. The lowest BCUT2D eigenvalue weighted by molar-refractivity contribution is 0.0638. The van der Waals surface area contributed by atoms with Crippen molar-refractivity contribution in [3.05, 3.63) is 29.8 Å². The highest BCUT2D eigenvalue weighted by atomic mass is 16.3. The lowest BCUT2D eigenvalue weighted by Crippen LogP contribution is -2.40. The Hall–Kier alpha value is -2.08. The summed E-state index contributed by atoms with van der Waals surface area (Å²) in [5.74, 6) is -0.0819. The first-order chi connectivity index (χ1) is 10.1. The van der Waals surface area contributed by atoms with Crippen LogP contribution in [0.25, 0.3) is 0 Å². The molecule has 3 amide bonds. The van der Waals surface area contributed by atoms with Gasteiger partial charge in [0.2, 0.25) is 0 Å². The van der Waals surface area contributed by atoms with E-state index in [0.29, 0.717) is 17.8 Å². The topological polar surface area (TPSA) is 95.7 Å². The van der Waals surface area contributed by atoms with E-state index in [-0.39, 0.29) is 18.6 Å². The van der Waals surface area contributed by atoms with Gasteiger partial charge in [0.1, 0.15) is 0 Å². The Morgan fingerprint density at radius 1 is 1.24 bits per heavy atom. The van der Waals surface area contributed by atoms with Crippen LogP contribution < -0.4 is 11.1 Å². The summed E-state index contributed by atoms with van der Waals surface area (Å²) in [6.45, 7) is 0.314. The Morgan fingerprint density at radius 3 is 2.38 bits per heavy atom. The molecule has 0 aromatic heterocycles. The number of aliphatic hydroxyl groups excluding tert-OH is 1. The molecule has 0 unspecified atom stereocenters. The zero-order chi connectivity index (χ0) is 15.2. The van der Waals surface area contributed by atoms with Gasteiger partial charge in [-0.2, -0.15) is 0 Å². The zero-order valence-electron chi connectivity index (χ0n) is 11.9. The highest BCUT2D eigenvalue weighted by Crippen LogP contribution is 2.25. The van der Waals surface area contributed by atoms with Crippen LogP contribution in [0, 0.1) is 0 Å². The molecular weight excluding hydrogens is 270 g/mol. The van der Waals surface area contributed by atoms with E-state index < -0.39 is 6.03 Å². The third-order valence-corrected chi connectivity index (χ3v) is 3.77. The Labute approximate surface area is 123 Å². The third-order valence-electron chi connectivity index (χ3n) is 3.77. The second-order valence-corrected chi connectivity index (χ2v) is 5.23. The molecule has 4 N–H and O–H groups in total. The monoisotopic (exact) mass is 291 g/mol. The maximum atomic E-state index is 12.6. The van der Waals surface area contributed by atoms with Crippen LogP contribution in [-0.4, -0.2) is 41.1 Å². The normalized spacial score (nSPS) is 14.9. The number of primary amides is 1. The number of aliphatic hydroxyl groups is 1. The quantitative estimate of drug-likeness (QED) is 0.768. The smallest absolute Gasteiger partial charge is 0.316 e. The fourth-order valence-corrected chi connectivity index (χ4v) is 2.78. The number of nitrogens with zero attached hydrogens (tertiary/aromatic N) is 1. The zero-order valence-corrected chi connectivity index (χ0v) is 11.9. The number of hydrogen-bond donors (Lipinski definition) is 3. The molecule has 1 aliphatic rings. The van der Waals surface area contributed by atoms with E-state index in [9.17, 15) is 14.7 Å². The lowest BCUT2D eigenvalue weighted by Gasteiger charge is -2.28. The van der Waals surface area contributed by atoms with Gasteiger partial charge in [-0.25, -0.2) is 4.79 Å². The summed E-state index contributed by atoms with van der Waals surface area (Å²) < 4.78 is 0. The number of carbonyl (C=O) groups is 2. The molecule has 6 heteroatoms. The Morgan fingerprint density at radius 2 is 1.86 bits per heavy atom. The minimum absolute atomic E-state index is 0.0381. The van der Waals surface area contributed by atoms with E-state index in [4.69, 9.17) is 5.73 Å². The molecule has 21 heavy (non-hydrogen) atoms. The van der Waals surface area contributed by atoms with E-state index in [2.05, 4.69) is 5.32 Å². The van der Waals surface area contributed by atoms with E-state index >= 15 is 0 Å². The number of carbonyl (C=O) groups excluding carboxylic acids is 2. The Balaban J connectivity index is 2.10. The van der Waals surface area contributed by atoms with Gasteiger partial charge in [0, 0.05) is 23.8 Å². The van der Waals surface area contributed by atoms with Crippen molar-refractivity contribution >= 4 is 17.6 Å². The number of rotatable bonds is 5. The molecule has 2 rings (SSSR count). The van der Waals surface area contributed by atoms with Gasteiger partial charge in [0.05, 0.1) is 6.61 Å². The van der Waals surface area contributed by atoms with Crippen molar-refractivity contribution in [1.82, 2.24) is 4.90 Å². The molecule has 0 radical (unpaired) electrons. The largest absolute Gasteiger partial charge is 0.395 e. The standard InChI is InChI=1S/C15H21N3O3/c16-15(21)17-12-7-5-11(6-8-12)14(20)18(9-10-19)13-3-1-2-4-13/h5-8,13,19H,1-4,9-10H2,(H3,16,17,21). The molecule has 1 aromatic rings. The number of hydrogen-bond acceptors (Lipinski definition) is 3. The Kier molecular flexibility index (Phi) is 5.16. The number of benzene rings is 1. The van der Waals surface area contributed by atoms with Crippen molar-refractivity contribution in [3.8, 4) is 0 Å². The number of nitrogens with two attached hydrogens (primary N) is 1.